The highest BCUT2D eigenvalue weighted by Gasteiger charge is 2.78. The fourth-order valence-electron chi connectivity index (χ4n) is 13.2. The second-order valence-electron chi connectivity index (χ2n) is 17.8. The Balaban J connectivity index is 1.36. The maximum atomic E-state index is 15.3. The highest BCUT2D eigenvalue weighted by molar-refractivity contribution is 5.94. The highest BCUT2D eigenvalue weighted by atomic mass is 16.6. The van der Waals surface area contributed by atoms with E-state index < -0.39 is 40.0 Å². The van der Waals surface area contributed by atoms with Crippen LogP contribution in [0.5, 0.6) is 5.75 Å². The minimum atomic E-state index is -1.59. The molecule has 9 atom stereocenters. The molecule has 3 aromatic rings. The topological polar surface area (TPSA) is 117 Å². The molecule has 0 amide bonds. The Bertz CT molecular complexity index is 2200. The Kier molecular flexibility index (Phi) is 9.65. The second-order valence-corrected chi connectivity index (χ2v) is 17.8. The van der Waals surface area contributed by atoms with Crippen molar-refractivity contribution in [2.75, 3.05) is 72.1 Å². The van der Waals surface area contributed by atoms with E-state index in [4.69, 9.17) is 18.9 Å². The minimum Gasteiger partial charge on any atom is -0.496 e. The number of nitrogens with one attached hydrogen (secondary N) is 1. The number of methoxy groups -OCH3 is 2. The van der Waals surface area contributed by atoms with Gasteiger partial charge in [-0.15, -0.1) is 0 Å². The molecular formula is C47H60N4O7. The Morgan fingerprint density at radius 1 is 1.05 bits per heavy atom. The van der Waals surface area contributed by atoms with E-state index in [1.54, 1.807) is 7.11 Å². The van der Waals surface area contributed by atoms with Gasteiger partial charge in [-0.25, -0.2) is 0 Å². The summed E-state index contributed by atoms with van der Waals surface area (Å²) in [5.74, 6) is -0.0955. The molecule has 0 radical (unpaired) electrons. The van der Waals surface area contributed by atoms with Crippen molar-refractivity contribution in [3.05, 3.63) is 82.6 Å². The lowest BCUT2D eigenvalue weighted by Gasteiger charge is -2.64. The average Bonchev–Trinajstić information content (AvgIpc) is 3.89. The van der Waals surface area contributed by atoms with Crippen LogP contribution in [0.3, 0.4) is 0 Å². The van der Waals surface area contributed by atoms with Crippen LogP contribution in [0.1, 0.15) is 75.8 Å². The summed E-state index contributed by atoms with van der Waals surface area (Å²) in [7, 11) is 5.23. The maximum absolute atomic E-state index is 15.3. The van der Waals surface area contributed by atoms with Gasteiger partial charge < -0.3 is 33.9 Å². The molecule has 1 aliphatic carbocycles. The number of nitrogens with zero attached hydrogens (tertiary/aromatic N) is 3. The summed E-state index contributed by atoms with van der Waals surface area (Å²) >= 11 is 0. The predicted octanol–water partition coefficient (Wildman–Crippen LogP) is 5.66. The lowest BCUT2D eigenvalue weighted by molar-refractivity contribution is -0.232. The number of para-hydroxylation sites is 1. The van der Waals surface area contributed by atoms with Crippen LogP contribution in [-0.2, 0) is 41.1 Å². The molecule has 310 valence electrons. The van der Waals surface area contributed by atoms with Gasteiger partial charge in [0.15, 0.2) is 0 Å². The number of fused-ring (bicyclic) bond motifs is 6. The number of carbonyl (C=O) groups excluding carboxylic acids is 2. The van der Waals surface area contributed by atoms with Gasteiger partial charge in [0.05, 0.1) is 26.9 Å². The molecule has 1 spiro atoms. The zero-order valence-electron chi connectivity index (χ0n) is 35.2. The number of ether oxygens (including phenoxy) is 4. The van der Waals surface area contributed by atoms with Crippen LogP contribution in [0, 0.1) is 11.3 Å². The van der Waals surface area contributed by atoms with Gasteiger partial charge in [0.1, 0.15) is 22.9 Å². The number of benzene rings is 2. The second kappa shape index (κ2) is 14.2. The summed E-state index contributed by atoms with van der Waals surface area (Å²) in [4.78, 5) is 39.5. The summed E-state index contributed by atoms with van der Waals surface area (Å²) in [6.07, 6.45) is 9.56. The molecule has 3 unspecified atom stereocenters. The van der Waals surface area contributed by atoms with Crippen molar-refractivity contribution < 1.29 is 33.6 Å². The summed E-state index contributed by atoms with van der Waals surface area (Å²) in [5, 5.41) is 14.6. The molecule has 2 bridgehead atoms. The SMILES string of the molecule is CCOCC1(O)[C@H](OC(C)=O)[C@]2(CC)C=CCN3CC[C@@]4(c5cc([C@@]6(C(=O)OC)C[C@@H]7C=C(CC)CN(CCc8c6[nH]c6ccccc86)C7)c(OC)cc5N(C)[C@@H]14)C32. The standard InChI is InChI=1S/C47H60N4O7/c1-8-30-22-31-25-46(43(53)56-7,39-33(16-20-50(26-30)27-31)32-14-11-12-15-36(32)48-39)35-23-34-37(24-38(35)55-6)49(5)41-45(34)18-21-51-19-13-17-44(9-2,40(45)51)42(58-29(4)52)47(41,54)28-57-10-3/h11-15,17,22-24,31,40-42,48,54H,8-10,16,18-21,25-28H2,1-7H3/t31-,40?,41+,42+,44+,45+,46-,47?/m0/s1. The van der Waals surface area contributed by atoms with Crippen LogP contribution in [0.4, 0.5) is 5.69 Å². The van der Waals surface area contributed by atoms with Crippen LogP contribution in [-0.4, -0.2) is 123 Å². The molecular weight excluding hydrogens is 733 g/mol. The molecule has 6 heterocycles. The zero-order chi connectivity index (χ0) is 40.8. The van der Waals surface area contributed by atoms with Crippen molar-refractivity contribution in [3.8, 4) is 5.75 Å². The van der Waals surface area contributed by atoms with Crippen LogP contribution in [0.2, 0.25) is 0 Å². The van der Waals surface area contributed by atoms with Crippen molar-refractivity contribution in [2.45, 2.75) is 94.4 Å². The molecule has 2 aromatic carbocycles. The Labute approximate surface area is 342 Å². The molecule has 2 fully saturated rings. The van der Waals surface area contributed by atoms with Gasteiger partial charge in [-0.1, -0.05) is 55.8 Å². The van der Waals surface area contributed by atoms with E-state index in [9.17, 15) is 9.90 Å². The number of esters is 2. The number of aromatic amines is 1. The van der Waals surface area contributed by atoms with Crippen molar-refractivity contribution in [3.63, 3.8) is 0 Å². The molecule has 1 saturated heterocycles. The van der Waals surface area contributed by atoms with E-state index in [1.165, 1.54) is 19.6 Å². The number of anilines is 1. The molecule has 2 N–H and O–H groups in total. The lowest BCUT2D eigenvalue weighted by atomic mass is 9.47. The molecule has 9 rings (SSSR count). The number of aliphatic hydroxyl groups is 1. The smallest absolute Gasteiger partial charge is 0.322 e. The molecule has 11 nitrogen and oxygen atoms in total. The Morgan fingerprint density at radius 3 is 2.59 bits per heavy atom. The zero-order valence-corrected chi connectivity index (χ0v) is 35.2. The summed E-state index contributed by atoms with van der Waals surface area (Å²) < 4.78 is 25.0. The first-order valence-electron chi connectivity index (χ1n) is 21.4. The number of carbonyl (C=O) groups is 2. The van der Waals surface area contributed by atoms with E-state index in [-0.39, 0.29) is 24.5 Å². The third-order valence-corrected chi connectivity index (χ3v) is 15.2. The van der Waals surface area contributed by atoms with Crippen LogP contribution < -0.4 is 9.64 Å². The van der Waals surface area contributed by atoms with Gasteiger partial charge in [0.25, 0.3) is 0 Å². The van der Waals surface area contributed by atoms with Gasteiger partial charge >= 0.3 is 11.9 Å². The largest absolute Gasteiger partial charge is 0.496 e. The molecule has 6 aliphatic rings. The molecule has 1 aromatic heterocycles. The van der Waals surface area contributed by atoms with Gasteiger partial charge in [0.2, 0.25) is 0 Å². The Morgan fingerprint density at radius 2 is 1.86 bits per heavy atom. The van der Waals surface area contributed by atoms with Crippen LogP contribution in [0.25, 0.3) is 10.9 Å². The van der Waals surface area contributed by atoms with Gasteiger partial charge in [-0.2, -0.15) is 0 Å². The number of hydrogen-bond donors (Lipinski definition) is 2. The number of likely N-dealkylation sites (N-methyl/N-ethyl adjacent to an activating group) is 1. The quantitative estimate of drug-likeness (QED) is 0.208. The van der Waals surface area contributed by atoms with E-state index in [0.29, 0.717) is 25.2 Å². The first-order chi connectivity index (χ1) is 28.0. The van der Waals surface area contributed by atoms with Crippen molar-refractivity contribution in [1.82, 2.24) is 14.8 Å². The monoisotopic (exact) mass is 792 g/mol. The van der Waals surface area contributed by atoms with Crippen molar-refractivity contribution in [2.24, 2.45) is 11.3 Å². The van der Waals surface area contributed by atoms with E-state index in [2.05, 4.69) is 82.1 Å². The van der Waals surface area contributed by atoms with E-state index in [0.717, 1.165) is 91.0 Å². The number of H-pyrrole nitrogens is 1. The van der Waals surface area contributed by atoms with Gasteiger partial charge in [0, 0.05) is 97.5 Å². The predicted molar refractivity (Wildman–Crippen MR) is 223 cm³/mol. The first kappa shape index (κ1) is 39.3. The fourth-order valence-corrected chi connectivity index (χ4v) is 13.2. The first-order valence-corrected chi connectivity index (χ1v) is 21.4. The number of rotatable bonds is 9. The normalized spacial score (nSPS) is 34.9. The number of aromatic nitrogens is 1. The summed E-state index contributed by atoms with van der Waals surface area (Å²) in [6, 6.07) is 12.1. The fraction of sp³-hybridized carbons (Fsp3) is 0.574. The van der Waals surface area contributed by atoms with Gasteiger partial charge in [-0.05, 0) is 74.8 Å². The molecule has 5 aliphatic heterocycles. The minimum absolute atomic E-state index is 0.00665. The summed E-state index contributed by atoms with van der Waals surface area (Å²) in [5.41, 5.74) is 2.92. The number of hydrogen-bond acceptors (Lipinski definition) is 10. The molecule has 11 heteroatoms. The Hall–Kier alpha value is -4.16. The van der Waals surface area contributed by atoms with E-state index >= 15 is 4.79 Å². The van der Waals surface area contributed by atoms with Crippen molar-refractivity contribution >= 4 is 28.5 Å². The van der Waals surface area contributed by atoms with E-state index in [1.807, 2.05) is 20.0 Å². The maximum Gasteiger partial charge on any atom is 0.322 e. The summed E-state index contributed by atoms with van der Waals surface area (Å²) in [6.45, 7) is 12.3. The third-order valence-electron chi connectivity index (χ3n) is 15.2. The lowest BCUT2D eigenvalue weighted by Crippen LogP contribution is -2.80. The van der Waals surface area contributed by atoms with Gasteiger partial charge in [-0.3, -0.25) is 19.4 Å². The molecule has 1 saturated carbocycles. The average molecular weight is 793 g/mol. The van der Waals surface area contributed by atoms with Crippen molar-refractivity contribution in [1.29, 1.82) is 0 Å². The molecule has 58 heavy (non-hydrogen) atoms. The third kappa shape index (κ3) is 5.24. The highest BCUT2D eigenvalue weighted by Crippen LogP contribution is 2.68. The van der Waals surface area contributed by atoms with Crippen LogP contribution >= 0.6 is 0 Å². The van der Waals surface area contributed by atoms with Crippen LogP contribution in [0.15, 0.2) is 60.2 Å².